The summed E-state index contributed by atoms with van der Waals surface area (Å²) in [7, 11) is 0. The molecule has 1 amide bonds. The summed E-state index contributed by atoms with van der Waals surface area (Å²) in [4.78, 5) is 14.7. The molecule has 1 aliphatic heterocycles. The highest BCUT2D eigenvalue weighted by atomic mass is 16.6. The van der Waals surface area contributed by atoms with Gasteiger partial charge in [-0.05, 0) is 57.6 Å². The van der Waals surface area contributed by atoms with Crippen LogP contribution in [0.1, 0.15) is 44.2 Å². The molecule has 1 heterocycles. The minimum atomic E-state index is -0.465. The summed E-state index contributed by atoms with van der Waals surface area (Å²) in [5.41, 5.74) is 3.17. The predicted octanol–water partition coefficient (Wildman–Crippen LogP) is 4.41. The molecule has 0 N–H and O–H groups in total. The summed E-state index contributed by atoms with van der Waals surface area (Å²) in [6.45, 7) is 7.90. The molecule has 4 unspecified atom stereocenters. The molecule has 22 heavy (non-hydrogen) atoms. The van der Waals surface area contributed by atoms with Gasteiger partial charge in [-0.1, -0.05) is 29.8 Å². The summed E-state index contributed by atoms with van der Waals surface area (Å²) in [6, 6.07) is 6.67. The van der Waals surface area contributed by atoms with E-state index < -0.39 is 5.60 Å². The smallest absolute Gasteiger partial charge is 0.415 e. The van der Waals surface area contributed by atoms with E-state index >= 15 is 0 Å². The van der Waals surface area contributed by atoms with Crippen molar-refractivity contribution in [3.8, 4) is 0 Å². The van der Waals surface area contributed by atoms with Crippen molar-refractivity contribution in [3.63, 3.8) is 0 Å². The number of rotatable bonds is 0. The van der Waals surface area contributed by atoms with Crippen molar-refractivity contribution in [1.82, 2.24) is 0 Å². The van der Waals surface area contributed by atoms with E-state index in [1.165, 1.54) is 17.5 Å². The first-order valence-corrected chi connectivity index (χ1v) is 8.16. The molecule has 3 heteroatoms. The normalized spacial score (nSPS) is 31.4. The maximum Gasteiger partial charge on any atom is 0.415 e. The highest BCUT2D eigenvalue weighted by Crippen LogP contribution is 2.58. The van der Waals surface area contributed by atoms with Gasteiger partial charge < -0.3 is 4.74 Å². The van der Waals surface area contributed by atoms with Crippen LogP contribution in [0.15, 0.2) is 30.4 Å². The van der Waals surface area contributed by atoms with Crippen LogP contribution in [0.3, 0.4) is 0 Å². The number of hydrogen-bond donors (Lipinski definition) is 0. The molecule has 2 bridgehead atoms. The fraction of sp³-hybridized carbons (Fsp3) is 0.526. The van der Waals surface area contributed by atoms with Crippen molar-refractivity contribution >= 4 is 11.8 Å². The molecule has 0 radical (unpaired) electrons. The second-order valence-corrected chi connectivity index (χ2v) is 7.88. The van der Waals surface area contributed by atoms with Gasteiger partial charge in [0, 0.05) is 5.92 Å². The monoisotopic (exact) mass is 297 g/mol. The van der Waals surface area contributed by atoms with Crippen LogP contribution in [0.25, 0.3) is 0 Å². The Morgan fingerprint density at radius 2 is 1.95 bits per heavy atom. The van der Waals surface area contributed by atoms with Crippen molar-refractivity contribution in [2.24, 2.45) is 11.8 Å². The van der Waals surface area contributed by atoms with Crippen molar-refractivity contribution in [3.05, 3.63) is 41.5 Å². The Hall–Kier alpha value is -1.77. The van der Waals surface area contributed by atoms with Crippen molar-refractivity contribution in [2.75, 3.05) is 4.90 Å². The number of hydrogen-bond acceptors (Lipinski definition) is 2. The van der Waals surface area contributed by atoms with Gasteiger partial charge in [0.15, 0.2) is 0 Å². The molecule has 1 fully saturated rings. The Bertz CT molecular complexity index is 671. The number of carbonyl (C=O) groups is 1. The topological polar surface area (TPSA) is 29.5 Å². The third-order valence-corrected chi connectivity index (χ3v) is 5.11. The summed E-state index contributed by atoms with van der Waals surface area (Å²) >= 11 is 0. The van der Waals surface area contributed by atoms with Crippen LogP contribution in [0.2, 0.25) is 0 Å². The highest BCUT2D eigenvalue weighted by molar-refractivity contribution is 5.93. The van der Waals surface area contributed by atoms with Crippen molar-refractivity contribution < 1.29 is 9.53 Å². The van der Waals surface area contributed by atoms with Gasteiger partial charge in [-0.2, -0.15) is 0 Å². The fourth-order valence-electron chi connectivity index (χ4n) is 4.41. The molecule has 3 nitrogen and oxygen atoms in total. The van der Waals surface area contributed by atoms with Gasteiger partial charge in [-0.3, -0.25) is 4.90 Å². The maximum absolute atomic E-state index is 12.8. The molecular formula is C19H23NO2. The van der Waals surface area contributed by atoms with E-state index in [1.54, 1.807) is 0 Å². The van der Waals surface area contributed by atoms with Crippen LogP contribution in [0.4, 0.5) is 10.5 Å². The van der Waals surface area contributed by atoms with Gasteiger partial charge in [0.25, 0.3) is 0 Å². The zero-order valence-corrected chi connectivity index (χ0v) is 13.7. The molecule has 3 aliphatic rings. The molecule has 0 aromatic heterocycles. The van der Waals surface area contributed by atoms with E-state index in [0.717, 1.165) is 5.69 Å². The molecule has 1 aromatic rings. The predicted molar refractivity (Wildman–Crippen MR) is 87.2 cm³/mol. The minimum Gasteiger partial charge on any atom is -0.443 e. The molecule has 0 saturated heterocycles. The average Bonchev–Trinajstić information content (AvgIpc) is 3.05. The first-order valence-electron chi connectivity index (χ1n) is 8.16. The lowest BCUT2D eigenvalue weighted by Crippen LogP contribution is -2.44. The van der Waals surface area contributed by atoms with Crippen LogP contribution < -0.4 is 4.90 Å². The zero-order valence-electron chi connectivity index (χ0n) is 13.7. The quantitative estimate of drug-likeness (QED) is 0.664. The van der Waals surface area contributed by atoms with Gasteiger partial charge in [0.2, 0.25) is 0 Å². The van der Waals surface area contributed by atoms with Crippen LogP contribution in [0, 0.1) is 18.8 Å². The van der Waals surface area contributed by atoms with E-state index in [1.807, 2.05) is 25.7 Å². The van der Waals surface area contributed by atoms with Gasteiger partial charge in [-0.15, -0.1) is 0 Å². The van der Waals surface area contributed by atoms with Crippen LogP contribution in [0.5, 0.6) is 0 Å². The Balaban J connectivity index is 1.78. The lowest BCUT2D eigenvalue weighted by Gasteiger charge is -2.32. The number of fused-ring (bicyclic) bond motifs is 7. The zero-order chi connectivity index (χ0) is 15.6. The number of amides is 1. The van der Waals surface area contributed by atoms with Gasteiger partial charge in [0.1, 0.15) is 5.60 Å². The SMILES string of the molecule is Cc1ccc2c(c1)C1C3C=CC(C3)C1N2C(=O)OC(C)(C)C. The third kappa shape index (κ3) is 1.91. The number of allylic oxidation sites excluding steroid dienone is 1. The Labute approximate surface area is 132 Å². The Morgan fingerprint density at radius 1 is 1.23 bits per heavy atom. The standard InChI is InChI=1S/C19H23NO2/c1-11-5-8-15-14(9-11)16-12-6-7-13(10-12)17(16)20(15)18(21)22-19(2,3)4/h5-9,12-13,16-17H,10H2,1-4H3. The Morgan fingerprint density at radius 3 is 2.68 bits per heavy atom. The van der Waals surface area contributed by atoms with E-state index in [9.17, 15) is 4.79 Å². The molecule has 0 spiro atoms. The molecule has 1 aromatic carbocycles. The summed E-state index contributed by atoms with van der Waals surface area (Å²) in [5, 5.41) is 0. The summed E-state index contributed by atoms with van der Waals surface area (Å²) in [5.74, 6) is 1.48. The second-order valence-electron chi connectivity index (χ2n) is 7.88. The number of nitrogens with zero attached hydrogens (tertiary/aromatic N) is 1. The summed E-state index contributed by atoms with van der Waals surface area (Å²) < 4.78 is 5.69. The second kappa shape index (κ2) is 4.37. The number of benzene rings is 1. The van der Waals surface area contributed by atoms with Crippen molar-refractivity contribution in [2.45, 2.75) is 51.7 Å². The largest absolute Gasteiger partial charge is 0.443 e. The molecule has 1 saturated carbocycles. The molecule has 4 rings (SSSR count). The van der Waals surface area contributed by atoms with E-state index in [2.05, 4.69) is 37.3 Å². The van der Waals surface area contributed by atoms with Crippen LogP contribution >= 0.6 is 0 Å². The highest BCUT2D eigenvalue weighted by Gasteiger charge is 2.55. The minimum absolute atomic E-state index is 0.203. The van der Waals surface area contributed by atoms with E-state index in [0.29, 0.717) is 17.8 Å². The van der Waals surface area contributed by atoms with Gasteiger partial charge in [0.05, 0.1) is 11.7 Å². The molecule has 4 atom stereocenters. The van der Waals surface area contributed by atoms with E-state index in [4.69, 9.17) is 4.74 Å². The van der Waals surface area contributed by atoms with Gasteiger partial charge in [-0.25, -0.2) is 4.79 Å². The molecular weight excluding hydrogens is 274 g/mol. The lowest BCUT2D eigenvalue weighted by molar-refractivity contribution is 0.0563. The third-order valence-electron chi connectivity index (χ3n) is 5.11. The number of aryl methyl sites for hydroxylation is 1. The number of ether oxygens (including phenoxy) is 1. The first kappa shape index (κ1) is 13.9. The Kier molecular flexibility index (Phi) is 2.76. The molecule has 116 valence electrons. The van der Waals surface area contributed by atoms with Gasteiger partial charge >= 0.3 is 6.09 Å². The van der Waals surface area contributed by atoms with Crippen LogP contribution in [-0.4, -0.2) is 17.7 Å². The summed E-state index contributed by atoms with van der Waals surface area (Å²) in [6.07, 6.45) is 5.60. The fourth-order valence-corrected chi connectivity index (χ4v) is 4.41. The maximum atomic E-state index is 12.8. The average molecular weight is 297 g/mol. The van der Waals surface area contributed by atoms with E-state index in [-0.39, 0.29) is 12.1 Å². The van der Waals surface area contributed by atoms with Crippen LogP contribution in [-0.2, 0) is 4.74 Å². The number of carbonyl (C=O) groups excluding carboxylic acids is 1. The van der Waals surface area contributed by atoms with Crippen molar-refractivity contribution in [1.29, 1.82) is 0 Å². The molecule has 2 aliphatic carbocycles. The number of anilines is 1. The first-order chi connectivity index (χ1) is 10.3. The lowest BCUT2D eigenvalue weighted by atomic mass is 9.85.